The molecule has 0 aliphatic heterocycles. The number of halogens is 3. The number of anilines is 1. The van der Waals surface area contributed by atoms with Gasteiger partial charge in [-0.3, -0.25) is 9.52 Å². The summed E-state index contributed by atoms with van der Waals surface area (Å²) < 4.78 is 25.9. The molecule has 0 spiro atoms. The van der Waals surface area contributed by atoms with Crippen molar-refractivity contribution in [2.75, 3.05) is 10.5 Å². The fourth-order valence-electron chi connectivity index (χ4n) is 1.07. The van der Waals surface area contributed by atoms with Crippen LogP contribution >= 0.6 is 39.1 Å². The standard InChI is InChI=1S/C9H8BrCl2NO4S/c10-5-3-6(11)9(7(12)4-5)13-18(16,17)2-1-8(14)15/h3-4,13H,1-2H2,(H,14,15). The van der Waals surface area contributed by atoms with Crippen LogP contribution in [0.25, 0.3) is 0 Å². The summed E-state index contributed by atoms with van der Waals surface area (Å²) in [7, 11) is -3.80. The molecule has 0 unspecified atom stereocenters. The molecule has 1 rings (SSSR count). The van der Waals surface area contributed by atoms with Crippen molar-refractivity contribution in [2.45, 2.75) is 6.42 Å². The average Bonchev–Trinajstić information content (AvgIpc) is 2.21. The van der Waals surface area contributed by atoms with Crippen LogP contribution in [0.4, 0.5) is 5.69 Å². The van der Waals surface area contributed by atoms with Gasteiger partial charge in [0.1, 0.15) is 0 Å². The molecule has 18 heavy (non-hydrogen) atoms. The molecule has 2 N–H and O–H groups in total. The van der Waals surface area contributed by atoms with Crippen molar-refractivity contribution in [3.8, 4) is 0 Å². The molecule has 0 amide bonds. The van der Waals surface area contributed by atoms with E-state index in [4.69, 9.17) is 28.3 Å². The third kappa shape index (κ3) is 4.64. The summed E-state index contributed by atoms with van der Waals surface area (Å²) in [6.07, 6.45) is -0.499. The number of rotatable bonds is 5. The highest BCUT2D eigenvalue weighted by molar-refractivity contribution is 9.10. The van der Waals surface area contributed by atoms with Crippen molar-refractivity contribution >= 4 is 60.8 Å². The highest BCUT2D eigenvalue weighted by Crippen LogP contribution is 2.34. The lowest BCUT2D eigenvalue weighted by atomic mass is 10.3. The minimum atomic E-state index is -3.80. The van der Waals surface area contributed by atoms with Gasteiger partial charge in [0.05, 0.1) is 27.9 Å². The number of hydrogen-bond donors (Lipinski definition) is 2. The van der Waals surface area contributed by atoms with Crippen LogP contribution in [0.3, 0.4) is 0 Å². The van der Waals surface area contributed by atoms with E-state index >= 15 is 0 Å². The maximum atomic E-state index is 11.6. The van der Waals surface area contributed by atoms with E-state index in [0.29, 0.717) is 4.47 Å². The summed E-state index contributed by atoms with van der Waals surface area (Å²) in [5.41, 5.74) is 0.0342. The lowest BCUT2D eigenvalue weighted by molar-refractivity contribution is -0.136. The number of nitrogens with one attached hydrogen (secondary N) is 1. The molecule has 1 aromatic rings. The van der Waals surface area contributed by atoms with Gasteiger partial charge in [-0.2, -0.15) is 0 Å². The van der Waals surface area contributed by atoms with Gasteiger partial charge in [-0.1, -0.05) is 39.1 Å². The molecule has 0 fully saturated rings. The first-order chi connectivity index (χ1) is 8.21. The van der Waals surface area contributed by atoms with E-state index in [1.54, 1.807) is 0 Å². The Labute approximate surface area is 122 Å². The smallest absolute Gasteiger partial charge is 0.304 e. The number of benzene rings is 1. The molecule has 0 aliphatic carbocycles. The predicted molar refractivity (Wildman–Crippen MR) is 73.8 cm³/mol. The molecule has 100 valence electrons. The van der Waals surface area contributed by atoms with Crippen LogP contribution in [0.1, 0.15) is 6.42 Å². The highest BCUT2D eigenvalue weighted by atomic mass is 79.9. The number of carbonyl (C=O) groups is 1. The van der Waals surface area contributed by atoms with Gasteiger partial charge in [0.25, 0.3) is 0 Å². The van der Waals surface area contributed by atoms with Gasteiger partial charge in [-0.05, 0) is 12.1 Å². The van der Waals surface area contributed by atoms with Gasteiger partial charge in [-0.25, -0.2) is 8.42 Å². The van der Waals surface area contributed by atoms with Gasteiger partial charge < -0.3 is 5.11 Å². The number of carboxylic acids is 1. The molecule has 5 nitrogen and oxygen atoms in total. The largest absolute Gasteiger partial charge is 0.481 e. The number of aliphatic carboxylic acids is 1. The van der Waals surface area contributed by atoms with E-state index in [9.17, 15) is 13.2 Å². The Morgan fingerprint density at radius 2 is 1.83 bits per heavy atom. The van der Waals surface area contributed by atoms with Crippen LogP contribution < -0.4 is 4.72 Å². The molecule has 0 atom stereocenters. The highest BCUT2D eigenvalue weighted by Gasteiger charge is 2.17. The summed E-state index contributed by atoms with van der Waals surface area (Å²) in [5.74, 6) is -1.75. The first-order valence-electron chi connectivity index (χ1n) is 4.58. The fourth-order valence-corrected chi connectivity index (χ4v) is 3.56. The number of hydrogen-bond acceptors (Lipinski definition) is 3. The van der Waals surface area contributed by atoms with Crippen molar-refractivity contribution in [1.82, 2.24) is 0 Å². The predicted octanol–water partition coefficient (Wildman–Crippen LogP) is 2.97. The summed E-state index contributed by atoms with van der Waals surface area (Å²) in [6.45, 7) is 0. The SMILES string of the molecule is O=C(O)CCS(=O)(=O)Nc1c(Cl)cc(Br)cc1Cl. The van der Waals surface area contributed by atoms with Crippen LogP contribution in [0.2, 0.25) is 10.0 Å². The maximum absolute atomic E-state index is 11.6. The molecule has 0 aliphatic rings. The van der Waals surface area contributed by atoms with Crippen LogP contribution in [0, 0.1) is 0 Å². The molecule has 0 aromatic heterocycles. The molecular weight excluding hydrogens is 369 g/mol. The molecular formula is C9H8BrCl2NO4S. The fraction of sp³-hybridized carbons (Fsp3) is 0.222. The molecule has 1 aromatic carbocycles. The zero-order valence-electron chi connectivity index (χ0n) is 8.78. The van der Waals surface area contributed by atoms with Gasteiger partial charge in [-0.15, -0.1) is 0 Å². The number of carboxylic acid groups (broad SMARTS) is 1. The first-order valence-corrected chi connectivity index (χ1v) is 7.78. The molecule has 9 heteroatoms. The van der Waals surface area contributed by atoms with Crippen molar-refractivity contribution in [3.05, 3.63) is 26.7 Å². The average molecular weight is 377 g/mol. The van der Waals surface area contributed by atoms with Crippen LogP contribution in [0.5, 0.6) is 0 Å². The zero-order valence-corrected chi connectivity index (χ0v) is 12.7. The molecule has 0 saturated heterocycles. The van der Waals surface area contributed by atoms with Crippen LogP contribution in [-0.2, 0) is 14.8 Å². The van der Waals surface area contributed by atoms with Gasteiger partial charge in [0, 0.05) is 4.47 Å². The normalized spacial score (nSPS) is 11.3. The Balaban J connectivity index is 2.94. The summed E-state index contributed by atoms with van der Waals surface area (Å²) in [6, 6.07) is 2.95. The Kier molecular flexibility index (Phi) is 5.27. The van der Waals surface area contributed by atoms with E-state index in [2.05, 4.69) is 20.7 Å². The molecule has 0 bridgehead atoms. The monoisotopic (exact) mass is 375 g/mol. The third-order valence-electron chi connectivity index (χ3n) is 1.85. The van der Waals surface area contributed by atoms with Crippen molar-refractivity contribution < 1.29 is 18.3 Å². The van der Waals surface area contributed by atoms with E-state index < -0.39 is 28.2 Å². The van der Waals surface area contributed by atoms with Crippen molar-refractivity contribution in [1.29, 1.82) is 0 Å². The summed E-state index contributed by atoms with van der Waals surface area (Å²) in [5, 5.41) is 8.68. The van der Waals surface area contributed by atoms with Crippen LogP contribution in [0.15, 0.2) is 16.6 Å². The van der Waals surface area contributed by atoms with Crippen molar-refractivity contribution in [2.24, 2.45) is 0 Å². The van der Waals surface area contributed by atoms with E-state index in [-0.39, 0.29) is 15.7 Å². The van der Waals surface area contributed by atoms with E-state index in [1.807, 2.05) is 0 Å². The minimum Gasteiger partial charge on any atom is -0.481 e. The van der Waals surface area contributed by atoms with Crippen LogP contribution in [-0.4, -0.2) is 25.2 Å². The zero-order chi connectivity index (χ0) is 13.9. The Morgan fingerprint density at radius 1 is 1.33 bits per heavy atom. The second-order valence-corrected chi connectivity index (χ2v) is 6.88. The summed E-state index contributed by atoms with van der Waals surface area (Å²) in [4.78, 5) is 10.3. The Morgan fingerprint density at radius 3 is 2.28 bits per heavy atom. The Bertz CT molecular complexity index is 553. The quantitative estimate of drug-likeness (QED) is 0.827. The topological polar surface area (TPSA) is 83.5 Å². The Hall–Kier alpha value is -0.500. The van der Waals surface area contributed by atoms with Crippen molar-refractivity contribution in [3.63, 3.8) is 0 Å². The lowest BCUT2D eigenvalue weighted by Crippen LogP contribution is -2.19. The summed E-state index contributed by atoms with van der Waals surface area (Å²) >= 11 is 14.8. The lowest BCUT2D eigenvalue weighted by Gasteiger charge is -2.11. The van der Waals surface area contributed by atoms with Gasteiger partial charge >= 0.3 is 5.97 Å². The van der Waals surface area contributed by atoms with E-state index in [1.165, 1.54) is 12.1 Å². The molecule has 0 radical (unpaired) electrons. The maximum Gasteiger partial charge on any atom is 0.304 e. The number of sulfonamides is 1. The van der Waals surface area contributed by atoms with E-state index in [0.717, 1.165) is 0 Å². The second kappa shape index (κ2) is 6.10. The van der Waals surface area contributed by atoms with Gasteiger partial charge in [0.15, 0.2) is 0 Å². The van der Waals surface area contributed by atoms with Gasteiger partial charge in [0.2, 0.25) is 10.0 Å². The first kappa shape index (κ1) is 15.6. The molecule has 0 saturated carbocycles. The molecule has 0 heterocycles. The second-order valence-electron chi connectivity index (χ2n) is 3.31. The minimum absolute atomic E-state index is 0.0342. The third-order valence-corrected chi connectivity index (χ3v) is 4.16.